The number of aryl methyl sites for hydroxylation is 1. The first-order valence-electron chi connectivity index (χ1n) is 14.1. The molecule has 3 aromatic rings. The average Bonchev–Trinajstić information content (AvgIpc) is 2.95. The Morgan fingerprint density at radius 1 is 0.897 bits per heavy atom. The number of nitrogens with two attached hydrogens (primary N) is 1. The number of hydrogen-bond acceptors (Lipinski definition) is 6. The zero-order chi connectivity index (χ0) is 27.1. The minimum Gasteiger partial charge on any atom is -0.459 e. The van der Waals surface area contributed by atoms with Gasteiger partial charge in [-0.05, 0) is 49.7 Å². The van der Waals surface area contributed by atoms with Crippen LogP contribution in [0.4, 0.5) is 11.4 Å². The molecule has 1 unspecified atom stereocenters. The Morgan fingerprint density at radius 3 is 2.28 bits per heavy atom. The van der Waals surface area contributed by atoms with Crippen LogP contribution in [0.1, 0.15) is 98.3 Å². The van der Waals surface area contributed by atoms with E-state index in [0.29, 0.717) is 29.3 Å². The van der Waals surface area contributed by atoms with Gasteiger partial charge in [-0.25, -0.2) is 4.79 Å². The van der Waals surface area contributed by atoms with E-state index < -0.39 is 5.97 Å². The molecule has 2 saturated carbocycles. The normalized spacial score (nSPS) is 21.9. The van der Waals surface area contributed by atoms with Gasteiger partial charge < -0.3 is 15.8 Å². The number of nitrogens with one attached hydrogen (secondary N) is 1. The van der Waals surface area contributed by atoms with E-state index in [0.717, 1.165) is 36.3 Å². The van der Waals surface area contributed by atoms with Crippen molar-refractivity contribution in [3.63, 3.8) is 0 Å². The van der Waals surface area contributed by atoms with E-state index in [-0.39, 0.29) is 40.0 Å². The molecule has 3 aliphatic carbocycles. The van der Waals surface area contributed by atoms with Crippen LogP contribution in [0.2, 0.25) is 0 Å². The number of nitrogen functional groups attached to an aromatic ring is 1. The number of rotatable bonds is 5. The number of carbonyl (C=O) groups excluding carboxylic acids is 3. The molecule has 3 aromatic carbocycles. The van der Waals surface area contributed by atoms with Crippen LogP contribution in [0, 0.1) is 18.8 Å². The number of esters is 1. The molecule has 3 N–H and O–H groups in total. The molecule has 0 bridgehead atoms. The fourth-order valence-corrected chi connectivity index (χ4v) is 6.68. The Hall–Kier alpha value is -3.93. The van der Waals surface area contributed by atoms with Gasteiger partial charge in [-0.1, -0.05) is 79.8 Å². The Bertz CT molecular complexity index is 1460. The second kappa shape index (κ2) is 10.3. The van der Waals surface area contributed by atoms with E-state index in [1.165, 1.54) is 25.7 Å². The van der Waals surface area contributed by atoms with Gasteiger partial charge in [-0.2, -0.15) is 0 Å². The number of anilines is 2. The Labute approximate surface area is 228 Å². The van der Waals surface area contributed by atoms with Gasteiger partial charge in [0.05, 0.1) is 22.4 Å². The van der Waals surface area contributed by atoms with Gasteiger partial charge in [-0.3, -0.25) is 9.59 Å². The van der Waals surface area contributed by atoms with Gasteiger partial charge in [-0.15, -0.1) is 0 Å². The second-order valence-corrected chi connectivity index (χ2v) is 11.3. The highest BCUT2D eigenvalue weighted by molar-refractivity contribution is 6.32. The lowest BCUT2D eigenvalue weighted by Gasteiger charge is -2.38. The molecule has 6 nitrogen and oxygen atoms in total. The van der Waals surface area contributed by atoms with Crippen molar-refractivity contribution in [2.75, 3.05) is 11.1 Å². The average molecular weight is 523 g/mol. The molecule has 0 aliphatic heterocycles. The molecule has 0 spiro atoms. The maximum atomic E-state index is 13.7. The van der Waals surface area contributed by atoms with Gasteiger partial charge in [0.25, 0.3) is 0 Å². The minimum absolute atomic E-state index is 0.00934. The SMILES string of the molecule is Cc1ccc(CNc2cc(C(=O)O[C@@H]3CC[C@@H]4CCCCC4C3)c(N)c3c2C(=O)c2ccccc2C3=O)cc1. The summed E-state index contributed by atoms with van der Waals surface area (Å²) < 4.78 is 6.02. The van der Waals surface area contributed by atoms with Crippen LogP contribution < -0.4 is 11.1 Å². The van der Waals surface area contributed by atoms with Crippen molar-refractivity contribution in [3.8, 4) is 0 Å². The van der Waals surface area contributed by atoms with Crippen molar-refractivity contribution in [1.82, 2.24) is 0 Å². The molecule has 0 amide bonds. The quantitative estimate of drug-likeness (QED) is 0.230. The Morgan fingerprint density at radius 2 is 1.56 bits per heavy atom. The molecular weight excluding hydrogens is 488 g/mol. The molecule has 3 aliphatic rings. The van der Waals surface area contributed by atoms with E-state index in [2.05, 4.69) is 5.32 Å². The van der Waals surface area contributed by atoms with Gasteiger partial charge in [0.15, 0.2) is 11.6 Å². The molecule has 6 heteroatoms. The summed E-state index contributed by atoms with van der Waals surface area (Å²) >= 11 is 0. The van der Waals surface area contributed by atoms with Gasteiger partial charge >= 0.3 is 5.97 Å². The third-order valence-corrected chi connectivity index (χ3v) is 8.83. The van der Waals surface area contributed by atoms with Crippen molar-refractivity contribution in [3.05, 3.63) is 93.5 Å². The van der Waals surface area contributed by atoms with Crippen LogP contribution in [-0.4, -0.2) is 23.6 Å². The standard InChI is InChI=1S/C33H34N2O4/c1-19-10-12-20(13-11-19)18-35-27-17-26(33(38)39-23-15-14-21-6-2-3-7-22(21)16-23)30(34)29-28(27)31(36)24-8-4-5-9-25(24)32(29)37/h4-5,8-13,17,21-23,35H,2-3,6-7,14-16,18,34H2,1H3/t21-,22?,23+/m0/s1. The van der Waals surface area contributed by atoms with Crippen molar-refractivity contribution < 1.29 is 19.1 Å². The second-order valence-electron chi connectivity index (χ2n) is 11.3. The number of fused-ring (bicyclic) bond motifs is 3. The molecule has 0 aromatic heterocycles. The molecule has 2 fully saturated rings. The third kappa shape index (κ3) is 4.73. The summed E-state index contributed by atoms with van der Waals surface area (Å²) in [6.45, 7) is 2.44. The number of ether oxygens (including phenoxy) is 1. The number of carbonyl (C=O) groups is 3. The van der Waals surface area contributed by atoms with E-state index in [1.807, 2.05) is 31.2 Å². The van der Waals surface area contributed by atoms with E-state index in [4.69, 9.17) is 10.5 Å². The number of hydrogen-bond donors (Lipinski definition) is 2. The molecule has 200 valence electrons. The van der Waals surface area contributed by atoms with Crippen molar-refractivity contribution in [1.29, 1.82) is 0 Å². The summed E-state index contributed by atoms with van der Waals surface area (Å²) in [5.74, 6) is 0.173. The zero-order valence-corrected chi connectivity index (χ0v) is 22.3. The van der Waals surface area contributed by atoms with E-state index in [1.54, 1.807) is 30.3 Å². The van der Waals surface area contributed by atoms with Crippen molar-refractivity contribution in [2.24, 2.45) is 11.8 Å². The molecule has 39 heavy (non-hydrogen) atoms. The maximum Gasteiger partial charge on any atom is 0.340 e. The lowest BCUT2D eigenvalue weighted by atomic mass is 9.70. The summed E-state index contributed by atoms with van der Waals surface area (Å²) in [6.07, 6.45) is 7.66. The first-order chi connectivity index (χ1) is 18.9. The molecule has 6 rings (SSSR count). The molecule has 3 atom stereocenters. The zero-order valence-electron chi connectivity index (χ0n) is 22.3. The van der Waals surface area contributed by atoms with Crippen LogP contribution >= 0.6 is 0 Å². The third-order valence-electron chi connectivity index (χ3n) is 8.83. The number of ketones is 2. The van der Waals surface area contributed by atoms with Gasteiger partial charge in [0.2, 0.25) is 0 Å². The van der Waals surface area contributed by atoms with Crippen molar-refractivity contribution in [2.45, 2.75) is 64.5 Å². The summed E-state index contributed by atoms with van der Waals surface area (Å²) in [7, 11) is 0. The first-order valence-corrected chi connectivity index (χ1v) is 14.1. The molecule has 0 radical (unpaired) electrons. The van der Waals surface area contributed by atoms with Crippen LogP contribution in [0.15, 0.2) is 54.6 Å². The fraction of sp³-hybridized carbons (Fsp3) is 0.364. The lowest BCUT2D eigenvalue weighted by Crippen LogP contribution is -2.33. The van der Waals surface area contributed by atoms with Crippen LogP contribution in [0.3, 0.4) is 0 Å². The highest BCUT2D eigenvalue weighted by Crippen LogP contribution is 2.42. The maximum absolute atomic E-state index is 13.7. The molecule has 0 heterocycles. The summed E-state index contributed by atoms with van der Waals surface area (Å²) in [6, 6.07) is 16.4. The van der Waals surface area contributed by atoms with Crippen LogP contribution in [0.25, 0.3) is 0 Å². The van der Waals surface area contributed by atoms with Crippen LogP contribution in [0.5, 0.6) is 0 Å². The van der Waals surface area contributed by atoms with E-state index >= 15 is 0 Å². The van der Waals surface area contributed by atoms with Gasteiger partial charge in [0.1, 0.15) is 6.10 Å². The largest absolute Gasteiger partial charge is 0.459 e. The highest BCUT2D eigenvalue weighted by Gasteiger charge is 2.37. The summed E-state index contributed by atoms with van der Waals surface area (Å²) in [4.78, 5) is 40.9. The van der Waals surface area contributed by atoms with Crippen LogP contribution in [-0.2, 0) is 11.3 Å². The summed E-state index contributed by atoms with van der Waals surface area (Å²) in [5.41, 5.74) is 10.2. The molecule has 0 saturated heterocycles. The monoisotopic (exact) mass is 522 g/mol. The topological polar surface area (TPSA) is 98.5 Å². The fourth-order valence-electron chi connectivity index (χ4n) is 6.68. The minimum atomic E-state index is -0.535. The Kier molecular flexibility index (Phi) is 6.71. The Balaban J connectivity index is 1.35. The predicted molar refractivity (Wildman–Crippen MR) is 151 cm³/mol. The van der Waals surface area contributed by atoms with Crippen molar-refractivity contribution >= 4 is 28.9 Å². The molecular formula is C33H34N2O4. The smallest absolute Gasteiger partial charge is 0.340 e. The lowest BCUT2D eigenvalue weighted by molar-refractivity contribution is -0.000834. The van der Waals surface area contributed by atoms with Gasteiger partial charge in [0, 0.05) is 23.4 Å². The number of benzene rings is 3. The highest BCUT2D eigenvalue weighted by atomic mass is 16.5. The first kappa shape index (κ1) is 25.4. The predicted octanol–water partition coefficient (Wildman–Crippen LogP) is 6.48. The van der Waals surface area contributed by atoms with E-state index in [9.17, 15) is 14.4 Å². The summed E-state index contributed by atoms with van der Waals surface area (Å²) in [5, 5.41) is 3.32.